The highest BCUT2D eigenvalue weighted by molar-refractivity contribution is 5.58. The van der Waals surface area contributed by atoms with E-state index in [0.717, 1.165) is 24.1 Å². The first kappa shape index (κ1) is 17.7. The van der Waals surface area contributed by atoms with Gasteiger partial charge in [0.1, 0.15) is 17.5 Å². The second-order valence-electron chi connectivity index (χ2n) is 6.07. The maximum atomic E-state index is 13.1. The number of nitrogens with two attached hydrogens (primary N) is 1. The summed E-state index contributed by atoms with van der Waals surface area (Å²) in [5.41, 5.74) is 7.82. The first-order valence-corrected chi connectivity index (χ1v) is 8.51. The SMILES string of the molecule is CCCc1cc(Nc2cc(NC(C)c3ccc(F)cc3)nc(N)n2)n[nH]1. The van der Waals surface area contributed by atoms with Crippen molar-refractivity contribution >= 4 is 23.4 Å². The number of benzene rings is 1. The number of H-pyrrole nitrogens is 1. The Hall–Kier alpha value is -3.16. The number of aryl methyl sites for hydroxylation is 1. The molecule has 0 amide bonds. The largest absolute Gasteiger partial charge is 0.368 e. The highest BCUT2D eigenvalue weighted by Crippen LogP contribution is 2.22. The average molecular weight is 355 g/mol. The smallest absolute Gasteiger partial charge is 0.223 e. The van der Waals surface area contributed by atoms with E-state index in [1.807, 2.05) is 13.0 Å². The Morgan fingerprint density at radius 2 is 1.85 bits per heavy atom. The van der Waals surface area contributed by atoms with E-state index in [1.165, 1.54) is 12.1 Å². The molecule has 2 heterocycles. The highest BCUT2D eigenvalue weighted by Gasteiger charge is 2.10. The predicted octanol–water partition coefficient (Wildman–Crippen LogP) is 3.79. The lowest BCUT2D eigenvalue weighted by molar-refractivity contribution is 0.626. The summed E-state index contributed by atoms with van der Waals surface area (Å²) in [6.07, 6.45) is 1.97. The van der Waals surface area contributed by atoms with E-state index >= 15 is 0 Å². The Morgan fingerprint density at radius 1 is 1.12 bits per heavy atom. The van der Waals surface area contributed by atoms with Crippen LogP contribution in [0.4, 0.5) is 27.8 Å². The van der Waals surface area contributed by atoms with Crippen LogP contribution >= 0.6 is 0 Å². The van der Waals surface area contributed by atoms with Gasteiger partial charge in [0, 0.05) is 23.9 Å². The summed E-state index contributed by atoms with van der Waals surface area (Å²) < 4.78 is 13.1. The van der Waals surface area contributed by atoms with Gasteiger partial charge in [0.2, 0.25) is 5.95 Å². The molecule has 0 aliphatic carbocycles. The Labute approximate surface area is 151 Å². The monoisotopic (exact) mass is 355 g/mol. The van der Waals surface area contributed by atoms with Gasteiger partial charge in [0.05, 0.1) is 0 Å². The van der Waals surface area contributed by atoms with Gasteiger partial charge >= 0.3 is 0 Å². The third-order valence-electron chi connectivity index (χ3n) is 3.88. The van der Waals surface area contributed by atoms with Crippen molar-refractivity contribution in [3.05, 3.63) is 53.5 Å². The lowest BCUT2D eigenvalue weighted by Crippen LogP contribution is -2.10. The van der Waals surface area contributed by atoms with Crippen LogP contribution in [0, 0.1) is 5.82 Å². The molecule has 3 aromatic rings. The molecule has 136 valence electrons. The van der Waals surface area contributed by atoms with Crippen molar-refractivity contribution in [2.45, 2.75) is 32.7 Å². The number of anilines is 4. The number of halogens is 1. The second-order valence-corrected chi connectivity index (χ2v) is 6.07. The summed E-state index contributed by atoms with van der Waals surface area (Å²) in [4.78, 5) is 8.39. The molecular weight excluding hydrogens is 333 g/mol. The second kappa shape index (κ2) is 7.81. The van der Waals surface area contributed by atoms with E-state index in [9.17, 15) is 4.39 Å². The fourth-order valence-corrected chi connectivity index (χ4v) is 2.61. The molecule has 26 heavy (non-hydrogen) atoms. The van der Waals surface area contributed by atoms with Gasteiger partial charge in [-0.1, -0.05) is 25.5 Å². The van der Waals surface area contributed by atoms with Crippen LogP contribution in [-0.2, 0) is 6.42 Å². The van der Waals surface area contributed by atoms with Crippen molar-refractivity contribution in [3.63, 3.8) is 0 Å². The standard InChI is InChI=1S/C18H22FN7/c1-3-4-14-9-17(26-25-14)22-16-10-15(23-18(20)24-16)21-11(2)12-5-7-13(19)8-6-12/h5-11H,3-4H2,1-2H3,(H5,20,21,22,23,24,25,26). The Morgan fingerprint density at radius 3 is 2.58 bits per heavy atom. The van der Waals surface area contributed by atoms with Gasteiger partial charge < -0.3 is 16.4 Å². The number of hydrogen-bond acceptors (Lipinski definition) is 6. The zero-order valence-corrected chi connectivity index (χ0v) is 14.8. The molecule has 5 N–H and O–H groups in total. The molecule has 1 aromatic carbocycles. The quantitative estimate of drug-likeness (QED) is 0.514. The van der Waals surface area contributed by atoms with Crippen LogP contribution in [0.5, 0.6) is 0 Å². The van der Waals surface area contributed by atoms with E-state index < -0.39 is 0 Å². The van der Waals surface area contributed by atoms with E-state index in [2.05, 4.69) is 37.7 Å². The van der Waals surface area contributed by atoms with Crippen molar-refractivity contribution in [2.24, 2.45) is 0 Å². The maximum absolute atomic E-state index is 13.1. The fraction of sp³-hybridized carbons (Fsp3) is 0.278. The fourth-order valence-electron chi connectivity index (χ4n) is 2.61. The van der Waals surface area contributed by atoms with E-state index in [0.29, 0.717) is 17.5 Å². The number of nitrogen functional groups attached to an aromatic ring is 1. The van der Waals surface area contributed by atoms with Crippen LogP contribution in [0.1, 0.15) is 37.6 Å². The molecule has 0 radical (unpaired) electrons. The number of nitrogens with one attached hydrogen (secondary N) is 3. The molecule has 3 rings (SSSR count). The molecule has 0 fully saturated rings. The lowest BCUT2D eigenvalue weighted by atomic mass is 10.1. The van der Waals surface area contributed by atoms with Gasteiger partial charge in [-0.15, -0.1) is 0 Å². The predicted molar refractivity (Wildman–Crippen MR) is 101 cm³/mol. The summed E-state index contributed by atoms with van der Waals surface area (Å²) in [6, 6.07) is 9.95. The Kier molecular flexibility index (Phi) is 5.31. The van der Waals surface area contributed by atoms with Crippen LogP contribution in [0.2, 0.25) is 0 Å². The maximum Gasteiger partial charge on any atom is 0.223 e. The summed E-state index contributed by atoms with van der Waals surface area (Å²) in [6.45, 7) is 4.07. The van der Waals surface area contributed by atoms with E-state index in [1.54, 1.807) is 18.2 Å². The van der Waals surface area contributed by atoms with Gasteiger partial charge in [-0.05, 0) is 31.0 Å². The number of aromatic nitrogens is 4. The molecule has 8 heteroatoms. The van der Waals surface area contributed by atoms with Gasteiger partial charge in [0.15, 0.2) is 5.82 Å². The average Bonchev–Trinajstić information content (AvgIpc) is 3.02. The van der Waals surface area contributed by atoms with E-state index in [4.69, 9.17) is 5.73 Å². The number of aromatic amines is 1. The first-order valence-electron chi connectivity index (χ1n) is 8.51. The highest BCUT2D eigenvalue weighted by atomic mass is 19.1. The molecule has 0 aliphatic rings. The number of hydrogen-bond donors (Lipinski definition) is 4. The van der Waals surface area contributed by atoms with Crippen LogP contribution < -0.4 is 16.4 Å². The van der Waals surface area contributed by atoms with Crippen molar-refractivity contribution < 1.29 is 4.39 Å². The van der Waals surface area contributed by atoms with Gasteiger partial charge in [-0.25, -0.2) is 4.39 Å². The zero-order valence-electron chi connectivity index (χ0n) is 14.8. The Balaban J connectivity index is 1.73. The van der Waals surface area contributed by atoms with Crippen LogP contribution in [-0.4, -0.2) is 20.2 Å². The molecule has 0 spiro atoms. The number of rotatable bonds is 7. The first-order chi connectivity index (χ1) is 12.5. The van der Waals surface area contributed by atoms with Crippen molar-refractivity contribution in [2.75, 3.05) is 16.4 Å². The summed E-state index contributed by atoms with van der Waals surface area (Å²) >= 11 is 0. The summed E-state index contributed by atoms with van der Waals surface area (Å²) in [7, 11) is 0. The molecule has 0 saturated heterocycles. The molecule has 1 atom stereocenters. The molecule has 2 aromatic heterocycles. The summed E-state index contributed by atoms with van der Waals surface area (Å²) in [5.74, 6) is 1.67. The molecule has 0 bridgehead atoms. The lowest BCUT2D eigenvalue weighted by Gasteiger charge is -2.16. The minimum Gasteiger partial charge on any atom is -0.368 e. The topological polar surface area (TPSA) is 105 Å². The van der Waals surface area contributed by atoms with Crippen LogP contribution in [0.15, 0.2) is 36.4 Å². The molecule has 1 unspecified atom stereocenters. The minimum absolute atomic E-state index is 0.0701. The van der Waals surface area contributed by atoms with Crippen molar-refractivity contribution in [1.82, 2.24) is 20.2 Å². The summed E-state index contributed by atoms with van der Waals surface area (Å²) in [5, 5.41) is 13.6. The normalized spacial score (nSPS) is 12.0. The minimum atomic E-state index is -0.264. The van der Waals surface area contributed by atoms with Crippen LogP contribution in [0.3, 0.4) is 0 Å². The van der Waals surface area contributed by atoms with Crippen LogP contribution in [0.25, 0.3) is 0 Å². The molecular formula is C18H22FN7. The molecule has 0 saturated carbocycles. The molecule has 0 aliphatic heterocycles. The third kappa shape index (κ3) is 4.47. The Bertz CT molecular complexity index is 860. The zero-order chi connectivity index (χ0) is 18.5. The van der Waals surface area contributed by atoms with Crippen molar-refractivity contribution in [1.29, 1.82) is 0 Å². The van der Waals surface area contributed by atoms with Gasteiger partial charge in [0.25, 0.3) is 0 Å². The van der Waals surface area contributed by atoms with Gasteiger partial charge in [-0.3, -0.25) is 5.10 Å². The van der Waals surface area contributed by atoms with E-state index in [-0.39, 0.29) is 17.8 Å². The molecule has 7 nitrogen and oxygen atoms in total. The third-order valence-corrected chi connectivity index (χ3v) is 3.88. The number of nitrogens with zero attached hydrogens (tertiary/aromatic N) is 3. The van der Waals surface area contributed by atoms with Gasteiger partial charge in [-0.2, -0.15) is 15.1 Å². The van der Waals surface area contributed by atoms with Crippen molar-refractivity contribution in [3.8, 4) is 0 Å².